The zero-order chi connectivity index (χ0) is 19.9. The molecule has 0 aliphatic rings. The maximum absolute atomic E-state index is 11.5. The van der Waals surface area contributed by atoms with E-state index in [2.05, 4.69) is 59.7 Å². The zero-order valence-electron chi connectivity index (χ0n) is 16.2. The number of aromatic nitrogens is 1. The normalized spacial score (nSPS) is 11.0. The minimum atomic E-state index is -0.272. The second-order valence-electron chi connectivity index (χ2n) is 6.50. The number of benzene rings is 2. The molecule has 6 heteroatoms. The first-order valence-electron chi connectivity index (χ1n) is 9.11. The third-order valence-corrected chi connectivity index (χ3v) is 4.79. The molecule has 0 bridgehead atoms. The number of thiazole rings is 1. The average molecular weight is 394 g/mol. The summed E-state index contributed by atoms with van der Waals surface area (Å²) in [5.41, 5.74) is 9.44. The Bertz CT molecular complexity index is 975. The summed E-state index contributed by atoms with van der Waals surface area (Å²) in [6.07, 6.45) is 1.94. The van der Waals surface area contributed by atoms with E-state index >= 15 is 0 Å². The third-order valence-electron chi connectivity index (χ3n) is 4.00. The number of ether oxygens (including phenoxy) is 1. The summed E-state index contributed by atoms with van der Waals surface area (Å²) < 4.78 is 4.93. The maximum atomic E-state index is 11.5. The van der Waals surface area contributed by atoms with Crippen LogP contribution in [0.25, 0.3) is 11.1 Å². The highest BCUT2D eigenvalue weighted by atomic mass is 32.1. The van der Waals surface area contributed by atoms with Gasteiger partial charge in [-0.2, -0.15) is 5.10 Å². The molecule has 0 radical (unpaired) electrons. The molecular weight excluding hydrogens is 370 g/mol. The van der Waals surface area contributed by atoms with E-state index < -0.39 is 0 Å². The molecule has 0 saturated heterocycles. The van der Waals surface area contributed by atoms with Gasteiger partial charge in [0.25, 0.3) is 0 Å². The smallest absolute Gasteiger partial charge is 0.311 e. The van der Waals surface area contributed by atoms with Crippen molar-refractivity contribution in [3.8, 4) is 11.1 Å². The van der Waals surface area contributed by atoms with Gasteiger partial charge in [0.2, 0.25) is 5.13 Å². The van der Waals surface area contributed by atoms with Crippen LogP contribution in [0.2, 0.25) is 0 Å². The molecule has 1 aromatic heterocycles. The number of nitrogens with zero attached hydrogens (tertiary/aromatic N) is 2. The van der Waals surface area contributed by atoms with E-state index in [0.717, 1.165) is 11.1 Å². The van der Waals surface area contributed by atoms with Crippen LogP contribution in [-0.2, 0) is 16.0 Å². The van der Waals surface area contributed by atoms with E-state index in [4.69, 9.17) is 4.74 Å². The lowest BCUT2D eigenvalue weighted by molar-refractivity contribution is -0.142. The van der Waals surface area contributed by atoms with Gasteiger partial charge in [0.05, 0.1) is 24.9 Å². The largest absolute Gasteiger partial charge is 0.466 e. The highest BCUT2D eigenvalue weighted by Gasteiger charge is 2.08. The molecule has 5 nitrogen and oxygen atoms in total. The Morgan fingerprint density at radius 3 is 2.71 bits per heavy atom. The fourth-order valence-corrected chi connectivity index (χ4v) is 3.56. The zero-order valence-corrected chi connectivity index (χ0v) is 17.0. The Balaban J connectivity index is 1.65. The van der Waals surface area contributed by atoms with Gasteiger partial charge in [-0.25, -0.2) is 4.98 Å². The molecule has 0 saturated carbocycles. The summed E-state index contributed by atoms with van der Waals surface area (Å²) in [5, 5.41) is 6.74. The van der Waals surface area contributed by atoms with Crippen LogP contribution in [0.5, 0.6) is 0 Å². The van der Waals surface area contributed by atoms with Crippen LogP contribution < -0.4 is 5.43 Å². The second kappa shape index (κ2) is 9.28. The van der Waals surface area contributed by atoms with Gasteiger partial charge in [0.15, 0.2) is 0 Å². The summed E-state index contributed by atoms with van der Waals surface area (Å²) in [6, 6.07) is 14.8. The molecule has 0 spiro atoms. The van der Waals surface area contributed by atoms with Crippen molar-refractivity contribution in [1.82, 2.24) is 4.98 Å². The van der Waals surface area contributed by atoms with E-state index in [1.54, 1.807) is 13.1 Å². The number of hydrogen-bond donors (Lipinski definition) is 1. The quantitative estimate of drug-likeness (QED) is 0.349. The minimum absolute atomic E-state index is 0.174. The lowest BCUT2D eigenvalue weighted by atomic mass is 9.99. The monoisotopic (exact) mass is 393 g/mol. The van der Waals surface area contributed by atoms with E-state index in [1.165, 1.54) is 28.0 Å². The Morgan fingerprint density at radius 2 is 1.96 bits per heavy atom. The number of carbonyl (C=O) groups excluding carboxylic acids is 1. The Hall–Kier alpha value is -2.99. The van der Waals surface area contributed by atoms with Crippen LogP contribution in [0.4, 0.5) is 5.13 Å². The standard InChI is InChI=1S/C22H23N3O2S/c1-4-27-21(26)12-20-14-28-22(24-20)25-23-13-17-6-5-7-18(11-17)19-9-15(2)8-16(3)10-19/h5-11,13-14H,4,12H2,1-3H3,(H,24,25). The molecule has 0 amide bonds. The topological polar surface area (TPSA) is 63.6 Å². The van der Waals surface area contributed by atoms with Gasteiger partial charge in [0.1, 0.15) is 0 Å². The molecule has 144 valence electrons. The summed E-state index contributed by atoms with van der Waals surface area (Å²) in [5.74, 6) is -0.272. The lowest BCUT2D eigenvalue weighted by Gasteiger charge is -2.06. The van der Waals surface area contributed by atoms with Crippen LogP contribution in [0.15, 0.2) is 52.9 Å². The first-order chi connectivity index (χ1) is 13.5. The van der Waals surface area contributed by atoms with Gasteiger partial charge in [0, 0.05) is 5.38 Å². The van der Waals surface area contributed by atoms with Crippen molar-refractivity contribution in [2.45, 2.75) is 27.2 Å². The van der Waals surface area contributed by atoms with Crippen LogP contribution in [-0.4, -0.2) is 23.8 Å². The van der Waals surface area contributed by atoms with Crippen LogP contribution in [0.1, 0.15) is 29.3 Å². The molecule has 0 aliphatic carbocycles. The first-order valence-corrected chi connectivity index (χ1v) is 9.99. The highest BCUT2D eigenvalue weighted by Crippen LogP contribution is 2.23. The fourth-order valence-electron chi connectivity index (χ4n) is 2.90. The number of carbonyl (C=O) groups is 1. The lowest BCUT2D eigenvalue weighted by Crippen LogP contribution is -2.07. The molecule has 0 unspecified atom stereocenters. The number of hydrogen-bond acceptors (Lipinski definition) is 6. The van der Waals surface area contributed by atoms with Gasteiger partial charge in [-0.1, -0.05) is 47.5 Å². The summed E-state index contributed by atoms with van der Waals surface area (Å²) in [6.45, 7) is 6.38. The van der Waals surface area contributed by atoms with Crippen LogP contribution >= 0.6 is 11.3 Å². The molecule has 1 heterocycles. The number of esters is 1. The predicted octanol–water partition coefficient (Wildman–Crippen LogP) is 4.98. The average Bonchev–Trinajstić information content (AvgIpc) is 3.08. The van der Waals surface area contributed by atoms with Crippen molar-refractivity contribution in [3.05, 3.63) is 70.2 Å². The third kappa shape index (κ3) is 5.50. The number of rotatable bonds is 7. The first kappa shape index (κ1) is 19.8. The second-order valence-corrected chi connectivity index (χ2v) is 7.36. The number of hydrazone groups is 1. The van der Waals surface area contributed by atoms with Gasteiger partial charge in [-0.05, 0) is 43.5 Å². The maximum Gasteiger partial charge on any atom is 0.311 e. The van der Waals surface area contributed by atoms with Crippen molar-refractivity contribution in [3.63, 3.8) is 0 Å². The van der Waals surface area contributed by atoms with E-state index in [-0.39, 0.29) is 12.4 Å². The number of anilines is 1. The van der Waals surface area contributed by atoms with E-state index in [1.807, 2.05) is 17.5 Å². The molecule has 3 aromatic rings. The van der Waals surface area contributed by atoms with Crippen molar-refractivity contribution in [2.24, 2.45) is 5.10 Å². The molecule has 0 atom stereocenters. The van der Waals surface area contributed by atoms with Gasteiger partial charge in [-0.3, -0.25) is 10.2 Å². The molecule has 3 rings (SSSR count). The van der Waals surface area contributed by atoms with E-state index in [0.29, 0.717) is 17.4 Å². The Kier molecular flexibility index (Phi) is 6.55. The predicted molar refractivity (Wildman–Crippen MR) is 115 cm³/mol. The summed E-state index contributed by atoms with van der Waals surface area (Å²) in [7, 11) is 0. The molecule has 0 fully saturated rings. The Morgan fingerprint density at radius 1 is 1.18 bits per heavy atom. The van der Waals surface area contributed by atoms with Gasteiger partial charge in [-0.15, -0.1) is 11.3 Å². The molecule has 28 heavy (non-hydrogen) atoms. The van der Waals surface area contributed by atoms with Crippen molar-refractivity contribution in [1.29, 1.82) is 0 Å². The fraction of sp³-hybridized carbons (Fsp3) is 0.227. The van der Waals surface area contributed by atoms with Crippen LogP contribution in [0.3, 0.4) is 0 Å². The van der Waals surface area contributed by atoms with Crippen LogP contribution in [0, 0.1) is 13.8 Å². The van der Waals surface area contributed by atoms with Crippen molar-refractivity contribution >= 4 is 28.7 Å². The SMILES string of the molecule is CCOC(=O)Cc1csc(NN=Cc2cccc(-c3cc(C)cc(C)c3)c2)n1. The number of nitrogens with one attached hydrogen (secondary N) is 1. The molecule has 0 aliphatic heterocycles. The summed E-state index contributed by atoms with van der Waals surface area (Å²) >= 11 is 1.40. The van der Waals surface area contributed by atoms with Gasteiger partial charge >= 0.3 is 5.97 Å². The molecular formula is C22H23N3O2S. The number of aryl methyl sites for hydroxylation is 2. The Labute approximate surface area is 169 Å². The molecule has 1 N–H and O–H groups in total. The minimum Gasteiger partial charge on any atom is -0.466 e. The highest BCUT2D eigenvalue weighted by molar-refractivity contribution is 7.13. The van der Waals surface area contributed by atoms with Crippen molar-refractivity contribution < 1.29 is 9.53 Å². The van der Waals surface area contributed by atoms with Crippen molar-refractivity contribution in [2.75, 3.05) is 12.0 Å². The molecule has 2 aromatic carbocycles. The summed E-state index contributed by atoms with van der Waals surface area (Å²) in [4.78, 5) is 15.8. The van der Waals surface area contributed by atoms with E-state index in [9.17, 15) is 4.79 Å². The van der Waals surface area contributed by atoms with Gasteiger partial charge < -0.3 is 4.74 Å².